The van der Waals surface area contributed by atoms with Crippen LogP contribution in [-0.2, 0) is 14.9 Å². The fourth-order valence-corrected chi connectivity index (χ4v) is 6.12. The number of fused-ring (bicyclic) bond motifs is 1. The summed E-state index contributed by atoms with van der Waals surface area (Å²) in [5.41, 5.74) is 1.63. The van der Waals surface area contributed by atoms with E-state index in [0.29, 0.717) is 11.3 Å². The Morgan fingerprint density at radius 1 is 1.20 bits per heavy atom. The second-order valence-corrected chi connectivity index (χ2v) is 9.83. The van der Waals surface area contributed by atoms with Crippen LogP contribution in [0.2, 0.25) is 0 Å². The molecule has 2 aromatic carbocycles. The number of methoxy groups -OCH3 is 1. The number of carbonyl (C=O) groups is 2. The van der Waals surface area contributed by atoms with E-state index in [9.17, 15) is 9.59 Å². The average Bonchev–Trinajstić information content (AvgIpc) is 2.87. The van der Waals surface area contributed by atoms with Gasteiger partial charge in [0.15, 0.2) is 0 Å². The van der Waals surface area contributed by atoms with Crippen LogP contribution in [0.5, 0.6) is 5.75 Å². The molecule has 4 rings (SSSR count). The van der Waals surface area contributed by atoms with Crippen LogP contribution >= 0.6 is 0 Å². The first-order valence-electron chi connectivity index (χ1n) is 12.3. The van der Waals surface area contributed by atoms with Crippen LogP contribution in [0, 0.1) is 5.92 Å². The van der Waals surface area contributed by atoms with Gasteiger partial charge in [0.05, 0.1) is 6.10 Å². The van der Waals surface area contributed by atoms with Gasteiger partial charge in [-0.3, -0.25) is 14.5 Å². The monoisotopic (exact) mass is 476 g/mol. The molecule has 1 aliphatic carbocycles. The fourth-order valence-electron chi connectivity index (χ4n) is 6.12. The lowest BCUT2D eigenvalue weighted by Crippen LogP contribution is -2.61. The van der Waals surface area contributed by atoms with Crippen molar-refractivity contribution in [1.29, 1.82) is 0 Å². The fraction of sp³-hybridized carbons (Fsp3) is 0.448. The molecular weight excluding hydrogens is 440 g/mol. The molecule has 0 radical (unpaired) electrons. The summed E-state index contributed by atoms with van der Waals surface area (Å²) in [5.74, 6) is 0.491. The molecule has 0 aromatic heterocycles. The van der Waals surface area contributed by atoms with Gasteiger partial charge in [0.1, 0.15) is 5.75 Å². The van der Waals surface area contributed by atoms with Gasteiger partial charge in [-0.2, -0.15) is 0 Å². The van der Waals surface area contributed by atoms with Gasteiger partial charge in [-0.15, -0.1) is 6.58 Å². The Morgan fingerprint density at radius 2 is 1.97 bits per heavy atom. The number of likely N-dealkylation sites (tertiary alicyclic amines) is 1. The molecule has 2 fully saturated rings. The van der Waals surface area contributed by atoms with Gasteiger partial charge < -0.3 is 14.4 Å². The van der Waals surface area contributed by atoms with Crippen LogP contribution < -0.4 is 4.74 Å². The van der Waals surface area contributed by atoms with E-state index < -0.39 is 0 Å². The first-order valence-corrected chi connectivity index (χ1v) is 12.3. The van der Waals surface area contributed by atoms with Crippen molar-refractivity contribution < 1.29 is 19.1 Å². The van der Waals surface area contributed by atoms with E-state index in [0.717, 1.165) is 44.5 Å². The minimum atomic E-state index is -0.332. The number of esters is 1. The van der Waals surface area contributed by atoms with Crippen molar-refractivity contribution in [3.8, 4) is 5.75 Å². The molecule has 6 heteroatoms. The van der Waals surface area contributed by atoms with E-state index in [1.54, 1.807) is 7.11 Å². The summed E-state index contributed by atoms with van der Waals surface area (Å²) >= 11 is 0. The topological polar surface area (TPSA) is 59.1 Å². The molecule has 0 N–H and O–H groups in total. The number of rotatable bonds is 7. The highest BCUT2D eigenvalue weighted by atomic mass is 16.5. The Morgan fingerprint density at radius 3 is 2.66 bits per heavy atom. The molecule has 1 unspecified atom stereocenters. The van der Waals surface area contributed by atoms with Crippen LogP contribution in [0.1, 0.15) is 42.1 Å². The van der Waals surface area contributed by atoms with Crippen LogP contribution in [0.15, 0.2) is 67.3 Å². The molecule has 186 valence electrons. The highest BCUT2D eigenvalue weighted by Crippen LogP contribution is 2.51. The van der Waals surface area contributed by atoms with Crippen LogP contribution in [0.4, 0.5) is 0 Å². The van der Waals surface area contributed by atoms with Crippen LogP contribution in [0.25, 0.3) is 0 Å². The summed E-state index contributed by atoms with van der Waals surface area (Å²) < 4.78 is 11.6. The lowest BCUT2D eigenvalue weighted by molar-refractivity contribution is -0.131. The second-order valence-electron chi connectivity index (χ2n) is 9.83. The summed E-state index contributed by atoms with van der Waals surface area (Å²) in [6, 6.07) is 17.4. The molecule has 4 atom stereocenters. The summed E-state index contributed by atoms with van der Waals surface area (Å²) in [4.78, 5) is 29.3. The van der Waals surface area contributed by atoms with Crippen molar-refractivity contribution in [2.45, 2.75) is 43.7 Å². The zero-order valence-corrected chi connectivity index (χ0v) is 21.0. The number of hydrogen-bond donors (Lipinski definition) is 0. The minimum Gasteiger partial charge on any atom is -0.427 e. The van der Waals surface area contributed by atoms with E-state index in [1.807, 2.05) is 66.6 Å². The molecule has 1 amide bonds. The van der Waals surface area contributed by atoms with Crippen molar-refractivity contribution in [3.05, 3.63) is 78.4 Å². The summed E-state index contributed by atoms with van der Waals surface area (Å²) in [5, 5.41) is 0. The largest absolute Gasteiger partial charge is 0.427 e. The lowest BCUT2D eigenvalue weighted by atomic mass is 9.56. The standard InChI is InChI=1S/C29H36N2O4/c1-5-15-31-16-14-29(23-12-9-13-25(17-23)35-21(2)32)19-24(18-27(34-4)26(29)20-31)30(3)28(33)22-10-7-6-8-11-22/h5-13,17,24,26-27H,1,14-16,18-20H2,2-4H3/t24-,26+,27?,29+/m1/s1. The zero-order chi connectivity index (χ0) is 25.0. The SMILES string of the molecule is C=CCN1CC[C@@]2(c3cccc(OC(C)=O)c3)C[C@H](N(C)C(=O)c3ccccc3)CC(OC)[C@@H]2C1. The zero-order valence-electron chi connectivity index (χ0n) is 21.0. The number of carbonyl (C=O) groups excluding carboxylic acids is 2. The smallest absolute Gasteiger partial charge is 0.308 e. The maximum atomic E-state index is 13.4. The predicted octanol–water partition coefficient (Wildman–Crippen LogP) is 4.31. The highest BCUT2D eigenvalue weighted by molar-refractivity contribution is 5.94. The Bertz CT molecular complexity index is 1060. The molecule has 0 spiro atoms. The van der Waals surface area contributed by atoms with Gasteiger partial charge in [0.25, 0.3) is 5.91 Å². The van der Waals surface area contributed by atoms with Crippen molar-refractivity contribution in [3.63, 3.8) is 0 Å². The van der Waals surface area contributed by atoms with Gasteiger partial charge in [-0.25, -0.2) is 0 Å². The minimum absolute atomic E-state index is 0.00947. The third kappa shape index (κ3) is 5.19. The van der Waals surface area contributed by atoms with Gasteiger partial charge in [-0.05, 0) is 55.6 Å². The van der Waals surface area contributed by atoms with Crippen LogP contribution in [-0.4, -0.2) is 67.6 Å². The number of amides is 1. The first kappa shape index (κ1) is 25.1. The molecule has 35 heavy (non-hydrogen) atoms. The molecule has 2 aliphatic rings. The maximum absolute atomic E-state index is 13.4. The van der Waals surface area contributed by atoms with Crippen molar-refractivity contribution in [2.75, 3.05) is 33.8 Å². The van der Waals surface area contributed by atoms with E-state index in [1.165, 1.54) is 6.92 Å². The van der Waals surface area contributed by atoms with Crippen molar-refractivity contribution in [1.82, 2.24) is 9.80 Å². The normalized spacial score (nSPS) is 26.4. The van der Waals surface area contributed by atoms with Gasteiger partial charge in [0.2, 0.25) is 0 Å². The molecule has 0 bridgehead atoms. The summed E-state index contributed by atoms with van der Waals surface area (Å²) in [7, 11) is 3.68. The van der Waals surface area contributed by atoms with Gasteiger partial charge >= 0.3 is 5.97 Å². The molecular formula is C29H36N2O4. The predicted molar refractivity (Wildman–Crippen MR) is 137 cm³/mol. The highest BCUT2D eigenvalue weighted by Gasteiger charge is 2.53. The molecule has 1 saturated carbocycles. The molecule has 1 heterocycles. The van der Waals surface area contributed by atoms with Crippen molar-refractivity contribution >= 4 is 11.9 Å². The van der Waals surface area contributed by atoms with E-state index in [2.05, 4.69) is 17.5 Å². The molecule has 2 aromatic rings. The van der Waals surface area contributed by atoms with E-state index in [4.69, 9.17) is 9.47 Å². The first-order chi connectivity index (χ1) is 16.9. The number of piperidine rings is 1. The summed E-state index contributed by atoms with van der Waals surface area (Å²) in [6.45, 7) is 8.01. The quantitative estimate of drug-likeness (QED) is 0.339. The Balaban J connectivity index is 1.72. The van der Waals surface area contributed by atoms with Crippen LogP contribution in [0.3, 0.4) is 0 Å². The third-order valence-corrected chi connectivity index (χ3v) is 7.84. The van der Waals surface area contributed by atoms with E-state index >= 15 is 0 Å². The van der Waals surface area contributed by atoms with Gasteiger partial charge in [-0.1, -0.05) is 36.4 Å². The Kier molecular flexibility index (Phi) is 7.72. The van der Waals surface area contributed by atoms with E-state index in [-0.39, 0.29) is 35.4 Å². The van der Waals surface area contributed by atoms with Gasteiger partial charge in [0, 0.05) is 57.1 Å². The third-order valence-electron chi connectivity index (χ3n) is 7.84. The summed E-state index contributed by atoms with van der Waals surface area (Å²) in [6.07, 6.45) is 4.49. The lowest BCUT2D eigenvalue weighted by Gasteiger charge is -2.56. The average molecular weight is 477 g/mol. The Labute approximate surface area is 208 Å². The second kappa shape index (κ2) is 10.8. The molecule has 6 nitrogen and oxygen atoms in total. The number of nitrogens with zero attached hydrogens (tertiary/aromatic N) is 2. The molecule has 1 aliphatic heterocycles. The van der Waals surface area contributed by atoms with Crippen molar-refractivity contribution in [2.24, 2.45) is 5.92 Å². The maximum Gasteiger partial charge on any atom is 0.308 e. The molecule has 1 saturated heterocycles. The number of benzene rings is 2. The number of ether oxygens (including phenoxy) is 2. The Hall–Kier alpha value is -2.96. The number of hydrogen-bond acceptors (Lipinski definition) is 5.